The second kappa shape index (κ2) is 6.43. The number of hydrogen-bond acceptors (Lipinski definition) is 3. The van der Waals surface area contributed by atoms with Gasteiger partial charge in [-0.2, -0.15) is 13.2 Å². The fraction of sp³-hybridized carbons (Fsp3) is 0.125. The molecule has 0 N–H and O–H groups in total. The van der Waals surface area contributed by atoms with Crippen molar-refractivity contribution in [1.29, 1.82) is 0 Å². The molecule has 0 unspecified atom stereocenters. The second-order valence-corrected chi connectivity index (χ2v) is 4.41. The normalized spacial score (nSPS) is 11.0. The molecule has 0 amide bonds. The average Bonchev–Trinajstić information content (AvgIpc) is 2.52. The first-order valence-corrected chi connectivity index (χ1v) is 6.31. The Balaban J connectivity index is 2.09. The third-order valence-electron chi connectivity index (χ3n) is 2.88. The second-order valence-electron chi connectivity index (χ2n) is 4.41. The molecular formula is C16H11F3O3. The fourth-order valence-electron chi connectivity index (χ4n) is 1.82. The van der Waals surface area contributed by atoms with Crippen molar-refractivity contribution in [3.8, 4) is 0 Å². The number of ether oxygens (including phenoxy) is 1. The summed E-state index contributed by atoms with van der Waals surface area (Å²) < 4.78 is 43.1. The molecule has 114 valence electrons. The van der Waals surface area contributed by atoms with Crippen molar-refractivity contribution < 1.29 is 27.5 Å². The molecule has 0 saturated heterocycles. The highest BCUT2D eigenvalue weighted by atomic mass is 19.4. The Morgan fingerprint density at radius 1 is 0.909 bits per heavy atom. The van der Waals surface area contributed by atoms with Gasteiger partial charge < -0.3 is 4.74 Å². The molecule has 0 fully saturated rings. The number of benzene rings is 2. The molecule has 0 aromatic heterocycles. The predicted octanol–water partition coefficient (Wildman–Crippen LogP) is 3.75. The van der Waals surface area contributed by atoms with E-state index >= 15 is 0 Å². The molecule has 22 heavy (non-hydrogen) atoms. The van der Waals surface area contributed by atoms with Crippen molar-refractivity contribution in [2.75, 3.05) is 6.61 Å². The number of esters is 1. The van der Waals surface area contributed by atoms with Crippen LogP contribution in [0.3, 0.4) is 0 Å². The number of ketones is 1. The third-order valence-corrected chi connectivity index (χ3v) is 2.88. The molecule has 0 spiro atoms. The Hall–Kier alpha value is -2.63. The minimum absolute atomic E-state index is 0.319. The van der Waals surface area contributed by atoms with E-state index in [1.54, 1.807) is 18.2 Å². The Bertz CT molecular complexity index is 679. The van der Waals surface area contributed by atoms with E-state index < -0.39 is 35.7 Å². The number of Topliss-reactive ketones (excluding diaryl/α,β-unsaturated/α-hetero) is 1. The molecule has 0 saturated carbocycles. The van der Waals surface area contributed by atoms with Gasteiger partial charge in [-0.1, -0.05) is 42.5 Å². The summed E-state index contributed by atoms with van der Waals surface area (Å²) in [5, 5.41) is 0. The largest absolute Gasteiger partial charge is 0.454 e. The summed E-state index contributed by atoms with van der Waals surface area (Å²) >= 11 is 0. The molecule has 0 aliphatic carbocycles. The van der Waals surface area contributed by atoms with Gasteiger partial charge in [0.15, 0.2) is 12.4 Å². The van der Waals surface area contributed by atoms with Gasteiger partial charge in [0.2, 0.25) is 0 Å². The first-order chi connectivity index (χ1) is 10.4. The number of carbonyl (C=O) groups excluding carboxylic acids is 2. The van der Waals surface area contributed by atoms with E-state index in [-0.39, 0.29) is 0 Å². The molecule has 0 bridgehead atoms. The number of hydrogen-bond donors (Lipinski definition) is 0. The zero-order valence-electron chi connectivity index (χ0n) is 11.3. The highest BCUT2D eigenvalue weighted by molar-refractivity contribution is 5.99. The molecular weight excluding hydrogens is 297 g/mol. The van der Waals surface area contributed by atoms with Crippen LogP contribution in [-0.4, -0.2) is 18.4 Å². The summed E-state index contributed by atoms with van der Waals surface area (Å²) in [5.41, 5.74) is -1.39. The Morgan fingerprint density at radius 3 is 2.14 bits per heavy atom. The zero-order valence-corrected chi connectivity index (χ0v) is 11.3. The number of rotatable bonds is 4. The summed E-state index contributed by atoms with van der Waals surface area (Å²) in [4.78, 5) is 23.5. The summed E-state index contributed by atoms with van der Waals surface area (Å²) in [6.07, 6.45) is -4.67. The summed E-state index contributed by atoms with van der Waals surface area (Å²) in [6.45, 7) is -0.616. The SMILES string of the molecule is O=C(COC(=O)c1ccccc1C(F)(F)F)c1ccccc1. The van der Waals surface area contributed by atoms with E-state index in [9.17, 15) is 22.8 Å². The minimum atomic E-state index is -4.67. The maximum atomic E-state index is 12.8. The van der Waals surface area contributed by atoms with Crippen molar-refractivity contribution in [2.24, 2.45) is 0 Å². The van der Waals surface area contributed by atoms with E-state index in [0.717, 1.165) is 12.1 Å². The lowest BCUT2D eigenvalue weighted by Gasteiger charge is -2.11. The first-order valence-electron chi connectivity index (χ1n) is 6.31. The van der Waals surface area contributed by atoms with E-state index in [0.29, 0.717) is 5.56 Å². The van der Waals surface area contributed by atoms with Crippen LogP contribution in [0.15, 0.2) is 54.6 Å². The third kappa shape index (κ3) is 3.72. The highest BCUT2D eigenvalue weighted by Crippen LogP contribution is 2.32. The van der Waals surface area contributed by atoms with Gasteiger partial charge in [-0.25, -0.2) is 4.79 Å². The van der Waals surface area contributed by atoms with Crippen LogP contribution in [-0.2, 0) is 10.9 Å². The van der Waals surface area contributed by atoms with Gasteiger partial charge in [0.05, 0.1) is 11.1 Å². The Morgan fingerprint density at radius 2 is 1.50 bits per heavy atom. The average molecular weight is 308 g/mol. The fourth-order valence-corrected chi connectivity index (χ4v) is 1.82. The van der Waals surface area contributed by atoms with Crippen LogP contribution < -0.4 is 0 Å². The van der Waals surface area contributed by atoms with Crippen LogP contribution in [0.2, 0.25) is 0 Å². The maximum Gasteiger partial charge on any atom is 0.417 e. The van der Waals surface area contributed by atoms with Crippen LogP contribution in [0.5, 0.6) is 0 Å². The molecule has 0 heterocycles. The topological polar surface area (TPSA) is 43.4 Å². The lowest BCUT2D eigenvalue weighted by Crippen LogP contribution is -2.18. The Labute approximate surface area is 124 Å². The molecule has 0 atom stereocenters. The standard InChI is InChI=1S/C16H11F3O3/c17-16(18,19)13-9-5-4-8-12(13)15(21)22-10-14(20)11-6-2-1-3-7-11/h1-9H,10H2. The smallest absolute Gasteiger partial charge is 0.417 e. The van der Waals surface area contributed by atoms with E-state index in [4.69, 9.17) is 4.74 Å². The van der Waals surface area contributed by atoms with Gasteiger partial charge in [0.25, 0.3) is 0 Å². The van der Waals surface area contributed by atoms with Crippen LogP contribution in [0.25, 0.3) is 0 Å². The van der Waals surface area contributed by atoms with Gasteiger partial charge in [0.1, 0.15) is 0 Å². The van der Waals surface area contributed by atoms with Crippen molar-refractivity contribution >= 4 is 11.8 Å². The van der Waals surface area contributed by atoms with Crippen molar-refractivity contribution in [2.45, 2.75) is 6.18 Å². The maximum absolute atomic E-state index is 12.8. The molecule has 2 aromatic carbocycles. The van der Waals surface area contributed by atoms with Crippen molar-refractivity contribution in [1.82, 2.24) is 0 Å². The van der Waals surface area contributed by atoms with Gasteiger partial charge in [-0.05, 0) is 12.1 Å². The number of alkyl halides is 3. The molecule has 3 nitrogen and oxygen atoms in total. The monoisotopic (exact) mass is 308 g/mol. The lowest BCUT2D eigenvalue weighted by molar-refractivity contribution is -0.138. The summed E-state index contributed by atoms with van der Waals surface area (Å²) in [5.74, 6) is -1.67. The van der Waals surface area contributed by atoms with Crippen LogP contribution >= 0.6 is 0 Å². The highest BCUT2D eigenvalue weighted by Gasteiger charge is 2.35. The van der Waals surface area contributed by atoms with E-state index in [1.165, 1.54) is 24.3 Å². The van der Waals surface area contributed by atoms with Crippen LogP contribution in [0.4, 0.5) is 13.2 Å². The molecule has 6 heteroatoms. The Kier molecular flexibility index (Phi) is 4.60. The number of halogens is 3. The summed E-state index contributed by atoms with van der Waals surface area (Å²) in [7, 11) is 0. The number of carbonyl (C=O) groups is 2. The van der Waals surface area contributed by atoms with Crippen molar-refractivity contribution in [3.05, 3.63) is 71.3 Å². The van der Waals surface area contributed by atoms with Crippen molar-refractivity contribution in [3.63, 3.8) is 0 Å². The summed E-state index contributed by atoms with van der Waals surface area (Å²) in [6, 6.07) is 12.3. The molecule has 2 aromatic rings. The lowest BCUT2D eigenvalue weighted by atomic mass is 10.1. The molecule has 2 rings (SSSR count). The van der Waals surface area contributed by atoms with Crippen LogP contribution in [0, 0.1) is 0 Å². The first kappa shape index (κ1) is 15.8. The van der Waals surface area contributed by atoms with Gasteiger partial charge in [0, 0.05) is 5.56 Å². The minimum Gasteiger partial charge on any atom is -0.454 e. The molecule has 0 radical (unpaired) electrons. The van der Waals surface area contributed by atoms with Gasteiger partial charge in [-0.15, -0.1) is 0 Å². The zero-order chi connectivity index (χ0) is 16.2. The van der Waals surface area contributed by atoms with E-state index in [2.05, 4.69) is 0 Å². The van der Waals surface area contributed by atoms with Gasteiger partial charge >= 0.3 is 12.1 Å². The van der Waals surface area contributed by atoms with Crippen LogP contribution in [0.1, 0.15) is 26.3 Å². The van der Waals surface area contributed by atoms with Gasteiger partial charge in [-0.3, -0.25) is 4.79 Å². The molecule has 0 aliphatic rings. The predicted molar refractivity (Wildman–Crippen MR) is 72.5 cm³/mol. The van der Waals surface area contributed by atoms with E-state index in [1.807, 2.05) is 0 Å². The quantitative estimate of drug-likeness (QED) is 0.638. The molecule has 0 aliphatic heterocycles.